The monoisotopic (exact) mass is 258 g/mol. The molecule has 0 radical (unpaired) electrons. The summed E-state index contributed by atoms with van der Waals surface area (Å²) < 4.78 is 43.1. The molecule has 1 unspecified atom stereocenters. The van der Waals surface area contributed by atoms with Crippen LogP contribution >= 0.6 is 0 Å². The third kappa shape index (κ3) is 1.90. The van der Waals surface area contributed by atoms with Crippen LogP contribution in [-0.2, 0) is 10.9 Å². The van der Waals surface area contributed by atoms with E-state index in [0.29, 0.717) is 31.1 Å². The molecule has 3 nitrogen and oxygen atoms in total. The van der Waals surface area contributed by atoms with E-state index in [1.54, 1.807) is 0 Å². The van der Waals surface area contributed by atoms with Gasteiger partial charge in [0.2, 0.25) is 0 Å². The lowest BCUT2D eigenvalue weighted by Crippen LogP contribution is -2.48. The Balaban J connectivity index is 1.90. The Kier molecular flexibility index (Phi) is 2.45. The minimum Gasteiger partial charge on any atom is -0.381 e. The number of halogens is 3. The van der Waals surface area contributed by atoms with Crippen molar-refractivity contribution in [1.82, 2.24) is 0 Å². The van der Waals surface area contributed by atoms with Crippen LogP contribution in [0.5, 0.6) is 0 Å². The minimum absolute atomic E-state index is 0.174. The summed E-state index contributed by atoms with van der Waals surface area (Å²) in [4.78, 5) is 0. The molecule has 0 aromatic heterocycles. The largest absolute Gasteiger partial charge is 0.416 e. The number of hydrogen-bond acceptors (Lipinski definition) is 3. The van der Waals surface area contributed by atoms with Crippen molar-refractivity contribution in [2.24, 2.45) is 0 Å². The van der Waals surface area contributed by atoms with Crippen LogP contribution in [0.15, 0.2) is 18.2 Å². The topological polar surface area (TPSA) is 33.3 Å². The molecule has 2 aliphatic heterocycles. The molecule has 0 amide bonds. The standard InChI is InChI=1S/C12H13F3N2O/c13-12(14,15)8-1-2-9-10(5-8)16-6-11(17-9)3-4-18-7-11/h1-2,5,16-17H,3-4,6-7H2. The second-order valence-corrected chi connectivity index (χ2v) is 4.82. The Bertz CT molecular complexity index is 467. The quantitative estimate of drug-likeness (QED) is 0.750. The maximum atomic E-state index is 12.6. The number of fused-ring (bicyclic) bond motifs is 1. The number of hydrogen-bond donors (Lipinski definition) is 2. The maximum Gasteiger partial charge on any atom is 0.416 e. The van der Waals surface area contributed by atoms with E-state index in [1.165, 1.54) is 6.07 Å². The predicted octanol–water partition coefficient (Wildman–Crippen LogP) is 2.70. The van der Waals surface area contributed by atoms with E-state index in [9.17, 15) is 13.2 Å². The highest BCUT2D eigenvalue weighted by Gasteiger charge is 2.39. The Morgan fingerprint density at radius 3 is 2.72 bits per heavy atom. The lowest BCUT2D eigenvalue weighted by Gasteiger charge is -2.36. The zero-order valence-corrected chi connectivity index (χ0v) is 9.60. The van der Waals surface area contributed by atoms with Crippen LogP contribution in [0.3, 0.4) is 0 Å². The van der Waals surface area contributed by atoms with E-state index in [-0.39, 0.29) is 5.54 Å². The summed E-state index contributed by atoms with van der Waals surface area (Å²) in [7, 11) is 0. The Labute approximate surface area is 102 Å². The first-order valence-electron chi connectivity index (χ1n) is 5.80. The first-order valence-corrected chi connectivity index (χ1v) is 5.80. The van der Waals surface area contributed by atoms with Gasteiger partial charge < -0.3 is 15.4 Å². The van der Waals surface area contributed by atoms with Gasteiger partial charge in [-0.15, -0.1) is 0 Å². The predicted molar refractivity (Wildman–Crippen MR) is 61.7 cm³/mol. The number of nitrogens with one attached hydrogen (secondary N) is 2. The van der Waals surface area contributed by atoms with Gasteiger partial charge in [0, 0.05) is 13.2 Å². The van der Waals surface area contributed by atoms with Crippen LogP contribution in [0.1, 0.15) is 12.0 Å². The third-order valence-corrected chi connectivity index (χ3v) is 3.47. The molecule has 1 atom stereocenters. The highest BCUT2D eigenvalue weighted by Crippen LogP contribution is 2.38. The second kappa shape index (κ2) is 3.78. The number of anilines is 2. The maximum absolute atomic E-state index is 12.6. The van der Waals surface area contributed by atoms with Gasteiger partial charge in [-0.25, -0.2) is 0 Å². The molecule has 1 aromatic rings. The molecular formula is C12H13F3N2O. The average Bonchev–Trinajstić information content (AvgIpc) is 2.75. The van der Waals surface area contributed by atoms with Crippen LogP contribution in [0.4, 0.5) is 24.5 Å². The highest BCUT2D eigenvalue weighted by molar-refractivity contribution is 5.73. The Morgan fingerprint density at radius 2 is 2.06 bits per heavy atom. The molecule has 1 saturated heterocycles. The lowest BCUT2D eigenvalue weighted by atomic mass is 9.95. The number of alkyl halides is 3. The smallest absolute Gasteiger partial charge is 0.381 e. The Morgan fingerprint density at radius 1 is 1.22 bits per heavy atom. The molecule has 6 heteroatoms. The lowest BCUT2D eigenvalue weighted by molar-refractivity contribution is -0.137. The molecule has 2 N–H and O–H groups in total. The van der Waals surface area contributed by atoms with E-state index < -0.39 is 11.7 Å². The fourth-order valence-corrected chi connectivity index (χ4v) is 2.42. The van der Waals surface area contributed by atoms with Crippen molar-refractivity contribution in [3.63, 3.8) is 0 Å². The van der Waals surface area contributed by atoms with Crippen molar-refractivity contribution < 1.29 is 17.9 Å². The molecule has 1 fully saturated rings. The average molecular weight is 258 g/mol. The van der Waals surface area contributed by atoms with Crippen molar-refractivity contribution in [3.05, 3.63) is 23.8 Å². The molecule has 3 rings (SSSR count). The molecule has 18 heavy (non-hydrogen) atoms. The van der Waals surface area contributed by atoms with Crippen molar-refractivity contribution >= 4 is 11.4 Å². The van der Waals surface area contributed by atoms with E-state index in [2.05, 4.69) is 10.6 Å². The molecule has 2 aliphatic rings. The van der Waals surface area contributed by atoms with E-state index in [0.717, 1.165) is 18.6 Å². The third-order valence-electron chi connectivity index (χ3n) is 3.47. The molecule has 0 aliphatic carbocycles. The van der Waals surface area contributed by atoms with E-state index in [4.69, 9.17) is 4.74 Å². The SMILES string of the molecule is FC(F)(F)c1ccc2c(c1)NCC1(CCOC1)N2. The summed E-state index contributed by atoms with van der Waals surface area (Å²) >= 11 is 0. The number of ether oxygens (including phenoxy) is 1. The fraction of sp³-hybridized carbons (Fsp3) is 0.500. The van der Waals surface area contributed by atoms with Crippen LogP contribution in [-0.4, -0.2) is 25.3 Å². The van der Waals surface area contributed by atoms with Crippen molar-refractivity contribution in [3.8, 4) is 0 Å². The van der Waals surface area contributed by atoms with Gasteiger partial charge in [-0.3, -0.25) is 0 Å². The first kappa shape index (κ1) is 11.6. The molecule has 1 aromatic carbocycles. The van der Waals surface area contributed by atoms with Crippen molar-refractivity contribution in [2.75, 3.05) is 30.4 Å². The highest BCUT2D eigenvalue weighted by atomic mass is 19.4. The van der Waals surface area contributed by atoms with Gasteiger partial charge in [0.25, 0.3) is 0 Å². The first-order chi connectivity index (χ1) is 8.49. The van der Waals surface area contributed by atoms with E-state index in [1.807, 2.05) is 0 Å². The Hall–Kier alpha value is -1.43. The summed E-state index contributed by atoms with van der Waals surface area (Å²) in [6.07, 6.45) is -3.44. The molecule has 0 bridgehead atoms. The molecule has 2 heterocycles. The summed E-state index contributed by atoms with van der Waals surface area (Å²) in [5.74, 6) is 0. The van der Waals surface area contributed by atoms with Crippen LogP contribution in [0.25, 0.3) is 0 Å². The van der Waals surface area contributed by atoms with Gasteiger partial charge in [-0.1, -0.05) is 0 Å². The van der Waals surface area contributed by atoms with Crippen molar-refractivity contribution in [2.45, 2.75) is 18.1 Å². The van der Waals surface area contributed by atoms with E-state index >= 15 is 0 Å². The van der Waals surface area contributed by atoms with Gasteiger partial charge in [-0.2, -0.15) is 13.2 Å². The van der Waals surface area contributed by atoms with Gasteiger partial charge >= 0.3 is 6.18 Å². The van der Waals surface area contributed by atoms with Gasteiger partial charge in [0.05, 0.1) is 29.1 Å². The summed E-state index contributed by atoms with van der Waals surface area (Å²) in [6.45, 7) is 1.85. The molecule has 1 spiro atoms. The molecule has 0 saturated carbocycles. The van der Waals surface area contributed by atoms with Crippen LogP contribution in [0, 0.1) is 0 Å². The van der Waals surface area contributed by atoms with Gasteiger partial charge in [-0.05, 0) is 24.6 Å². The second-order valence-electron chi connectivity index (χ2n) is 4.82. The fourth-order valence-electron chi connectivity index (χ4n) is 2.42. The summed E-state index contributed by atoms with van der Waals surface area (Å²) in [5, 5.41) is 6.36. The zero-order chi connectivity index (χ0) is 12.8. The molecular weight excluding hydrogens is 245 g/mol. The summed E-state index contributed by atoms with van der Waals surface area (Å²) in [5.41, 5.74) is 0.406. The van der Waals surface area contributed by atoms with Crippen LogP contribution < -0.4 is 10.6 Å². The molecule has 98 valence electrons. The normalized spacial score (nSPS) is 26.6. The van der Waals surface area contributed by atoms with Crippen molar-refractivity contribution in [1.29, 1.82) is 0 Å². The van der Waals surface area contributed by atoms with Gasteiger partial charge in [0.15, 0.2) is 0 Å². The van der Waals surface area contributed by atoms with Gasteiger partial charge in [0.1, 0.15) is 0 Å². The van der Waals surface area contributed by atoms with Crippen LogP contribution in [0.2, 0.25) is 0 Å². The number of rotatable bonds is 0. The zero-order valence-electron chi connectivity index (χ0n) is 9.60. The minimum atomic E-state index is -4.30. The summed E-state index contributed by atoms with van der Waals surface area (Å²) in [6, 6.07) is 3.72. The number of benzene rings is 1.